The van der Waals surface area contributed by atoms with Gasteiger partial charge in [-0.15, -0.1) is 4.28 Å². The monoisotopic (exact) mass is 523 g/mol. The number of ether oxygens (including phenoxy) is 3. The third kappa shape index (κ3) is 8.03. The third-order valence-electron chi connectivity index (χ3n) is 4.78. The fourth-order valence-corrected chi connectivity index (χ4v) is 3.93. The molecule has 2 aliphatic heterocycles. The normalized spacial score (nSPS) is 20.8. The third-order valence-corrected chi connectivity index (χ3v) is 5.58. The molecule has 0 aliphatic carbocycles. The van der Waals surface area contributed by atoms with Crippen LogP contribution in [-0.4, -0.2) is 86.5 Å². The van der Waals surface area contributed by atoms with Crippen LogP contribution in [0, 0.1) is 5.41 Å². The van der Waals surface area contributed by atoms with Crippen LogP contribution in [-0.2, 0) is 47.5 Å². The zero-order chi connectivity index (χ0) is 26.6. The summed E-state index contributed by atoms with van der Waals surface area (Å²) in [7, 11) is -4.68. The van der Waals surface area contributed by atoms with E-state index < -0.39 is 70.8 Å². The SMILES string of the molecule is CC(=O)OC(C)OC(=O)NC(=O)C1CCC2CN1C(=O)N2OS(=O)(=O)OCCOC(=O)C(C)(C)C. The van der Waals surface area contributed by atoms with Crippen LogP contribution in [0.15, 0.2) is 0 Å². The lowest BCUT2D eigenvalue weighted by Gasteiger charge is -2.28. The summed E-state index contributed by atoms with van der Waals surface area (Å²) in [6.07, 6.45) is -2.12. The maximum Gasteiger partial charge on any atom is 0.421 e. The van der Waals surface area contributed by atoms with Crippen LogP contribution in [0.25, 0.3) is 0 Å². The van der Waals surface area contributed by atoms with Crippen molar-refractivity contribution in [3.8, 4) is 0 Å². The smallest absolute Gasteiger partial charge is 0.421 e. The molecule has 2 aliphatic rings. The van der Waals surface area contributed by atoms with E-state index in [9.17, 15) is 32.4 Å². The highest BCUT2D eigenvalue weighted by atomic mass is 32.3. The first-order valence-electron chi connectivity index (χ1n) is 10.7. The summed E-state index contributed by atoms with van der Waals surface area (Å²) in [6.45, 7) is 6.35. The van der Waals surface area contributed by atoms with Gasteiger partial charge in [0.15, 0.2) is 0 Å². The molecule has 16 heteroatoms. The number of amides is 4. The summed E-state index contributed by atoms with van der Waals surface area (Å²) < 4.78 is 47.9. The molecule has 0 spiro atoms. The average Bonchev–Trinajstić information content (AvgIpc) is 2.93. The number of rotatable bonds is 9. The molecule has 3 atom stereocenters. The number of piperidine rings is 1. The number of esters is 2. The molecule has 2 bridgehead atoms. The molecule has 0 radical (unpaired) electrons. The average molecular weight is 524 g/mol. The number of alkyl carbamates (subject to hydrolysis) is 1. The number of nitrogens with one attached hydrogen (secondary N) is 1. The number of hydrogen-bond donors (Lipinski definition) is 1. The Morgan fingerprint density at radius 2 is 1.77 bits per heavy atom. The molecule has 198 valence electrons. The van der Waals surface area contributed by atoms with E-state index in [0.717, 1.165) is 11.8 Å². The summed E-state index contributed by atoms with van der Waals surface area (Å²) in [5, 5.41) is 2.53. The van der Waals surface area contributed by atoms with E-state index in [-0.39, 0.29) is 26.0 Å². The molecule has 4 amide bonds. The van der Waals surface area contributed by atoms with Gasteiger partial charge in [-0.05, 0) is 33.6 Å². The zero-order valence-corrected chi connectivity index (χ0v) is 20.8. The first kappa shape index (κ1) is 28.3. The van der Waals surface area contributed by atoms with Gasteiger partial charge >= 0.3 is 34.5 Å². The van der Waals surface area contributed by atoms with Gasteiger partial charge in [0, 0.05) is 20.4 Å². The maximum absolute atomic E-state index is 12.7. The van der Waals surface area contributed by atoms with E-state index in [2.05, 4.69) is 8.92 Å². The highest BCUT2D eigenvalue weighted by Gasteiger charge is 2.49. The Labute approximate surface area is 202 Å². The van der Waals surface area contributed by atoms with Crippen LogP contribution in [0.1, 0.15) is 47.5 Å². The molecule has 2 saturated heterocycles. The number of imide groups is 1. The van der Waals surface area contributed by atoms with E-state index in [0.29, 0.717) is 5.06 Å². The van der Waals surface area contributed by atoms with Gasteiger partial charge in [-0.3, -0.25) is 19.7 Å². The molecule has 0 aromatic heterocycles. The topological polar surface area (TPSA) is 184 Å². The molecule has 35 heavy (non-hydrogen) atoms. The Morgan fingerprint density at radius 3 is 2.37 bits per heavy atom. The Kier molecular flexibility index (Phi) is 9.02. The maximum atomic E-state index is 12.7. The minimum atomic E-state index is -4.68. The molecule has 2 fully saturated rings. The fourth-order valence-electron chi connectivity index (χ4n) is 3.23. The van der Waals surface area contributed by atoms with Crippen LogP contribution in [0.5, 0.6) is 0 Å². The largest absolute Gasteiger partial charge is 0.463 e. The van der Waals surface area contributed by atoms with Crippen molar-refractivity contribution in [2.75, 3.05) is 19.8 Å². The first-order valence-corrected chi connectivity index (χ1v) is 12.0. The Balaban J connectivity index is 1.88. The van der Waals surface area contributed by atoms with Gasteiger partial charge in [0.05, 0.1) is 11.5 Å². The van der Waals surface area contributed by atoms with Gasteiger partial charge < -0.3 is 19.1 Å². The second-order valence-electron chi connectivity index (χ2n) is 8.77. The number of hydroxylamine groups is 2. The minimum absolute atomic E-state index is 0.0332. The second kappa shape index (κ2) is 11.2. The van der Waals surface area contributed by atoms with Gasteiger partial charge in [-0.2, -0.15) is 13.5 Å². The summed E-state index contributed by atoms with van der Waals surface area (Å²) in [5.41, 5.74) is -0.774. The van der Waals surface area contributed by atoms with Crippen LogP contribution in [0.3, 0.4) is 0 Å². The lowest BCUT2D eigenvalue weighted by Crippen LogP contribution is -2.51. The Hall–Kier alpha value is -2.98. The van der Waals surface area contributed by atoms with Gasteiger partial charge in [0.2, 0.25) is 6.29 Å². The number of fused-ring (bicyclic) bond motifs is 2. The van der Waals surface area contributed by atoms with Crippen molar-refractivity contribution in [2.45, 2.75) is 65.8 Å². The minimum Gasteiger partial charge on any atom is -0.463 e. The van der Waals surface area contributed by atoms with E-state index in [1.165, 1.54) is 6.92 Å². The molecule has 0 aromatic carbocycles. The Morgan fingerprint density at radius 1 is 1.11 bits per heavy atom. The number of hydrogen-bond acceptors (Lipinski definition) is 12. The predicted octanol–water partition coefficient (Wildman–Crippen LogP) is 0.199. The molecule has 2 heterocycles. The number of carbonyl (C=O) groups is 5. The zero-order valence-electron chi connectivity index (χ0n) is 20.0. The van der Waals surface area contributed by atoms with E-state index in [1.807, 2.05) is 5.32 Å². The number of carbonyl (C=O) groups excluding carboxylic acids is 5. The van der Waals surface area contributed by atoms with Crippen molar-refractivity contribution >= 4 is 40.4 Å². The van der Waals surface area contributed by atoms with E-state index in [4.69, 9.17) is 13.8 Å². The summed E-state index contributed by atoms with van der Waals surface area (Å²) in [6, 6.07) is -2.69. The van der Waals surface area contributed by atoms with E-state index in [1.54, 1.807) is 20.8 Å². The van der Waals surface area contributed by atoms with Gasteiger partial charge in [-0.25, -0.2) is 13.8 Å². The van der Waals surface area contributed by atoms with Crippen molar-refractivity contribution in [1.82, 2.24) is 15.3 Å². The van der Waals surface area contributed by atoms with Gasteiger partial charge in [0.1, 0.15) is 19.3 Å². The molecule has 15 nitrogen and oxygen atoms in total. The van der Waals surface area contributed by atoms with Crippen molar-refractivity contribution in [3.63, 3.8) is 0 Å². The predicted molar refractivity (Wildman–Crippen MR) is 113 cm³/mol. The molecule has 1 N–H and O–H groups in total. The molecule has 0 aromatic rings. The molecular weight excluding hydrogens is 494 g/mol. The summed E-state index contributed by atoms with van der Waals surface area (Å²) in [4.78, 5) is 60.6. The van der Waals surface area contributed by atoms with Gasteiger partial charge in [0.25, 0.3) is 5.91 Å². The van der Waals surface area contributed by atoms with Crippen molar-refractivity contribution in [1.29, 1.82) is 0 Å². The van der Waals surface area contributed by atoms with Crippen LogP contribution in [0.2, 0.25) is 0 Å². The van der Waals surface area contributed by atoms with Crippen molar-refractivity contribution in [2.24, 2.45) is 5.41 Å². The number of urea groups is 1. The van der Waals surface area contributed by atoms with Crippen LogP contribution < -0.4 is 5.32 Å². The standard InChI is InChI=1S/C19H29N3O12S/c1-11(23)32-12(2)33-17(26)20-15(24)14-7-6-13-10-21(14)18(27)22(13)34-35(28,29)31-9-8-30-16(25)19(3,4)5/h12-14H,6-10H2,1-5H3,(H,20,24,26). The highest BCUT2D eigenvalue weighted by molar-refractivity contribution is 7.81. The first-order chi connectivity index (χ1) is 16.1. The lowest BCUT2D eigenvalue weighted by molar-refractivity contribution is -0.162. The van der Waals surface area contributed by atoms with Crippen LogP contribution in [0.4, 0.5) is 9.59 Å². The van der Waals surface area contributed by atoms with Gasteiger partial charge in [-0.1, -0.05) is 0 Å². The fraction of sp³-hybridized carbons (Fsp3) is 0.737. The molecule has 2 rings (SSSR count). The highest BCUT2D eigenvalue weighted by Crippen LogP contribution is 2.31. The lowest BCUT2D eigenvalue weighted by atomic mass is 9.97. The summed E-state index contributed by atoms with van der Waals surface area (Å²) >= 11 is 0. The Bertz CT molecular complexity index is 961. The quantitative estimate of drug-likeness (QED) is 0.246. The van der Waals surface area contributed by atoms with Crippen molar-refractivity contribution in [3.05, 3.63) is 0 Å². The van der Waals surface area contributed by atoms with E-state index >= 15 is 0 Å². The number of nitrogens with zero attached hydrogens (tertiary/aromatic N) is 2. The second-order valence-corrected chi connectivity index (χ2v) is 9.97. The molecular formula is C19H29N3O12S. The molecule has 0 saturated carbocycles. The molecule has 3 unspecified atom stereocenters. The van der Waals surface area contributed by atoms with Crippen molar-refractivity contribution < 1.29 is 55.1 Å². The summed E-state index contributed by atoms with van der Waals surface area (Å²) in [5.74, 6) is -2.11. The van der Waals surface area contributed by atoms with Crippen LogP contribution >= 0.6 is 0 Å².